The predicted octanol–water partition coefficient (Wildman–Crippen LogP) is 2.41. The Kier molecular flexibility index (Phi) is 4.80. The SMILES string of the molecule is CCOC(=O)CNc1ccc(F)cc1I. The largest absolute Gasteiger partial charge is 0.465 e. The fourth-order valence-electron chi connectivity index (χ4n) is 1.01. The van der Waals surface area contributed by atoms with E-state index in [1.54, 1.807) is 13.0 Å². The van der Waals surface area contributed by atoms with E-state index in [0.29, 0.717) is 6.61 Å². The van der Waals surface area contributed by atoms with Crippen LogP contribution in [0.2, 0.25) is 0 Å². The van der Waals surface area contributed by atoms with Crippen LogP contribution in [0.4, 0.5) is 10.1 Å². The Labute approximate surface area is 101 Å². The van der Waals surface area contributed by atoms with Gasteiger partial charge < -0.3 is 10.1 Å². The summed E-state index contributed by atoms with van der Waals surface area (Å²) >= 11 is 2.00. The van der Waals surface area contributed by atoms with Gasteiger partial charge in [-0.25, -0.2) is 4.39 Å². The first kappa shape index (κ1) is 12.2. The normalized spacial score (nSPS) is 9.80. The number of carbonyl (C=O) groups is 1. The molecule has 0 aromatic heterocycles. The number of carbonyl (C=O) groups excluding carboxylic acids is 1. The Bertz CT molecular complexity index is 357. The molecule has 1 rings (SSSR count). The summed E-state index contributed by atoms with van der Waals surface area (Å²) in [6, 6.07) is 4.33. The molecule has 0 saturated carbocycles. The molecular formula is C10H11FINO2. The maximum Gasteiger partial charge on any atom is 0.325 e. The summed E-state index contributed by atoms with van der Waals surface area (Å²) in [5, 5.41) is 2.88. The summed E-state index contributed by atoms with van der Waals surface area (Å²) in [6.45, 7) is 2.20. The standard InChI is InChI=1S/C10H11FINO2/c1-2-15-10(14)6-13-9-4-3-7(11)5-8(9)12/h3-5,13H,2,6H2,1H3. The maximum atomic E-state index is 12.7. The van der Waals surface area contributed by atoms with Crippen molar-refractivity contribution in [3.63, 3.8) is 0 Å². The molecule has 1 aromatic carbocycles. The lowest BCUT2D eigenvalue weighted by Gasteiger charge is -2.07. The summed E-state index contributed by atoms with van der Waals surface area (Å²) < 4.78 is 18.2. The molecule has 0 atom stereocenters. The van der Waals surface area contributed by atoms with Gasteiger partial charge in [0.15, 0.2) is 0 Å². The maximum absolute atomic E-state index is 12.7. The topological polar surface area (TPSA) is 38.3 Å². The number of anilines is 1. The van der Waals surface area contributed by atoms with E-state index in [0.717, 1.165) is 9.26 Å². The molecule has 0 fully saturated rings. The number of benzene rings is 1. The Morgan fingerprint density at radius 2 is 2.33 bits per heavy atom. The lowest BCUT2D eigenvalue weighted by molar-refractivity contribution is -0.140. The number of halogens is 2. The third-order valence-corrected chi connectivity index (χ3v) is 2.55. The van der Waals surface area contributed by atoms with Gasteiger partial charge in [0.1, 0.15) is 12.4 Å². The van der Waals surface area contributed by atoms with Crippen molar-refractivity contribution in [2.24, 2.45) is 0 Å². The second kappa shape index (κ2) is 5.89. The predicted molar refractivity (Wildman–Crippen MR) is 64.2 cm³/mol. The number of hydrogen-bond donors (Lipinski definition) is 1. The number of hydrogen-bond acceptors (Lipinski definition) is 3. The van der Waals surface area contributed by atoms with Gasteiger partial charge in [-0.3, -0.25) is 4.79 Å². The van der Waals surface area contributed by atoms with Crippen molar-refractivity contribution in [1.29, 1.82) is 0 Å². The van der Waals surface area contributed by atoms with Gasteiger partial charge in [-0.05, 0) is 47.7 Å². The van der Waals surface area contributed by atoms with E-state index in [2.05, 4.69) is 5.32 Å². The van der Waals surface area contributed by atoms with Gasteiger partial charge in [0.25, 0.3) is 0 Å². The number of ether oxygens (including phenoxy) is 1. The zero-order valence-corrected chi connectivity index (χ0v) is 10.4. The van der Waals surface area contributed by atoms with E-state index < -0.39 is 0 Å². The van der Waals surface area contributed by atoms with Crippen molar-refractivity contribution < 1.29 is 13.9 Å². The van der Waals surface area contributed by atoms with Gasteiger partial charge in [0, 0.05) is 9.26 Å². The van der Waals surface area contributed by atoms with Gasteiger partial charge >= 0.3 is 5.97 Å². The Hall–Kier alpha value is -0.850. The molecule has 3 nitrogen and oxygen atoms in total. The van der Waals surface area contributed by atoms with E-state index in [1.807, 2.05) is 22.6 Å². The zero-order chi connectivity index (χ0) is 11.3. The molecule has 0 aliphatic carbocycles. The molecule has 0 spiro atoms. The van der Waals surface area contributed by atoms with E-state index in [4.69, 9.17) is 4.74 Å². The van der Waals surface area contributed by atoms with E-state index in [1.165, 1.54) is 12.1 Å². The highest BCUT2D eigenvalue weighted by molar-refractivity contribution is 14.1. The van der Waals surface area contributed by atoms with Crippen LogP contribution in [-0.4, -0.2) is 19.1 Å². The van der Waals surface area contributed by atoms with E-state index in [9.17, 15) is 9.18 Å². The van der Waals surface area contributed by atoms with Crippen molar-refractivity contribution in [1.82, 2.24) is 0 Å². The zero-order valence-electron chi connectivity index (χ0n) is 8.22. The molecule has 0 aliphatic heterocycles. The van der Waals surface area contributed by atoms with E-state index >= 15 is 0 Å². The molecule has 15 heavy (non-hydrogen) atoms. The van der Waals surface area contributed by atoms with Crippen LogP contribution in [0.15, 0.2) is 18.2 Å². The average molecular weight is 323 g/mol. The van der Waals surface area contributed by atoms with Crippen LogP contribution in [-0.2, 0) is 9.53 Å². The quantitative estimate of drug-likeness (QED) is 0.683. The lowest BCUT2D eigenvalue weighted by atomic mass is 10.3. The first-order chi connectivity index (χ1) is 7.13. The Morgan fingerprint density at radius 3 is 2.93 bits per heavy atom. The van der Waals surface area contributed by atoms with Crippen LogP contribution >= 0.6 is 22.6 Å². The smallest absolute Gasteiger partial charge is 0.325 e. The highest BCUT2D eigenvalue weighted by Gasteiger charge is 2.04. The minimum atomic E-state index is -0.322. The molecule has 0 bridgehead atoms. The molecule has 82 valence electrons. The van der Waals surface area contributed by atoms with Gasteiger partial charge in [-0.15, -0.1) is 0 Å². The fraction of sp³-hybridized carbons (Fsp3) is 0.300. The number of esters is 1. The van der Waals surface area contributed by atoms with Gasteiger partial charge in [-0.1, -0.05) is 0 Å². The number of nitrogens with one attached hydrogen (secondary N) is 1. The van der Waals surface area contributed by atoms with Gasteiger partial charge in [-0.2, -0.15) is 0 Å². The van der Waals surface area contributed by atoms with Crippen molar-refractivity contribution in [2.45, 2.75) is 6.92 Å². The molecule has 0 aliphatic rings. The minimum absolute atomic E-state index is 0.0927. The highest BCUT2D eigenvalue weighted by atomic mass is 127. The second-order valence-corrected chi connectivity index (χ2v) is 3.94. The summed E-state index contributed by atoms with van der Waals surface area (Å²) in [4.78, 5) is 11.0. The van der Waals surface area contributed by atoms with Crippen LogP contribution in [0, 0.1) is 9.39 Å². The van der Waals surface area contributed by atoms with Gasteiger partial charge in [0.05, 0.1) is 6.61 Å². The molecule has 0 radical (unpaired) electrons. The fourth-order valence-corrected chi connectivity index (χ4v) is 1.68. The van der Waals surface area contributed by atoms with Crippen LogP contribution in [0.25, 0.3) is 0 Å². The van der Waals surface area contributed by atoms with Gasteiger partial charge in [0.2, 0.25) is 0 Å². The van der Waals surface area contributed by atoms with Crippen LogP contribution in [0.5, 0.6) is 0 Å². The van der Waals surface area contributed by atoms with Crippen molar-refractivity contribution in [3.8, 4) is 0 Å². The molecule has 1 N–H and O–H groups in total. The Morgan fingerprint density at radius 1 is 1.60 bits per heavy atom. The van der Waals surface area contributed by atoms with Crippen molar-refractivity contribution in [2.75, 3.05) is 18.5 Å². The average Bonchev–Trinajstić information content (AvgIpc) is 2.17. The second-order valence-electron chi connectivity index (χ2n) is 2.78. The molecule has 0 heterocycles. The van der Waals surface area contributed by atoms with Crippen LogP contribution < -0.4 is 5.32 Å². The third kappa shape index (κ3) is 4.03. The molecule has 0 unspecified atom stereocenters. The summed E-state index contributed by atoms with van der Waals surface area (Å²) in [7, 11) is 0. The first-order valence-electron chi connectivity index (χ1n) is 4.48. The summed E-state index contributed by atoms with van der Waals surface area (Å²) in [5.74, 6) is -0.612. The minimum Gasteiger partial charge on any atom is -0.465 e. The van der Waals surface area contributed by atoms with Crippen LogP contribution in [0.3, 0.4) is 0 Å². The molecule has 0 amide bonds. The molecule has 1 aromatic rings. The third-order valence-electron chi connectivity index (χ3n) is 1.66. The number of rotatable bonds is 4. The van der Waals surface area contributed by atoms with Crippen molar-refractivity contribution in [3.05, 3.63) is 27.6 Å². The molecule has 0 saturated heterocycles. The first-order valence-corrected chi connectivity index (χ1v) is 5.56. The summed E-state index contributed by atoms with van der Waals surface area (Å²) in [6.07, 6.45) is 0. The summed E-state index contributed by atoms with van der Waals surface area (Å²) in [5.41, 5.74) is 0.727. The highest BCUT2D eigenvalue weighted by Crippen LogP contribution is 2.18. The monoisotopic (exact) mass is 323 g/mol. The van der Waals surface area contributed by atoms with Crippen molar-refractivity contribution >= 4 is 34.2 Å². The van der Waals surface area contributed by atoms with Crippen LogP contribution in [0.1, 0.15) is 6.92 Å². The lowest BCUT2D eigenvalue weighted by Crippen LogP contribution is -2.17. The Balaban J connectivity index is 2.54. The van der Waals surface area contributed by atoms with E-state index in [-0.39, 0.29) is 18.3 Å². The molecular weight excluding hydrogens is 312 g/mol. The molecule has 5 heteroatoms.